The van der Waals surface area contributed by atoms with Gasteiger partial charge < -0.3 is 10.1 Å². The van der Waals surface area contributed by atoms with Crippen LogP contribution in [0, 0.1) is 13.8 Å². The molecule has 0 atom stereocenters. The van der Waals surface area contributed by atoms with Crippen molar-refractivity contribution in [2.75, 3.05) is 5.32 Å². The van der Waals surface area contributed by atoms with Gasteiger partial charge in [0, 0.05) is 21.8 Å². The molecule has 0 aliphatic heterocycles. The molecule has 0 radical (unpaired) electrons. The Morgan fingerprint density at radius 2 is 1.75 bits per heavy atom. The number of nitrogens with zero attached hydrogens (tertiary/aromatic N) is 4. The number of alkyl halides is 3. The van der Waals surface area contributed by atoms with Crippen LogP contribution in [0.1, 0.15) is 33.0 Å². The third-order valence-electron chi connectivity index (χ3n) is 5.39. The second-order valence-electron chi connectivity index (χ2n) is 7.90. The van der Waals surface area contributed by atoms with Crippen LogP contribution in [0.2, 0.25) is 10.0 Å². The molecule has 2 aromatic carbocycles. The van der Waals surface area contributed by atoms with Crippen LogP contribution in [-0.2, 0) is 19.5 Å². The number of rotatable bonds is 7. The van der Waals surface area contributed by atoms with Crippen molar-refractivity contribution in [1.29, 1.82) is 0 Å². The van der Waals surface area contributed by atoms with Gasteiger partial charge in [0.05, 0.1) is 29.2 Å². The van der Waals surface area contributed by atoms with Crippen LogP contribution in [-0.4, -0.2) is 25.5 Å². The first kappa shape index (κ1) is 25.6. The summed E-state index contributed by atoms with van der Waals surface area (Å²) in [5.74, 6) is -0.446. The second kappa shape index (κ2) is 10.2. The van der Waals surface area contributed by atoms with E-state index in [1.165, 1.54) is 29.1 Å². The van der Waals surface area contributed by atoms with E-state index in [1.807, 2.05) is 6.92 Å². The molecule has 0 unspecified atom stereocenters. The van der Waals surface area contributed by atoms with Crippen molar-refractivity contribution < 1.29 is 22.7 Å². The summed E-state index contributed by atoms with van der Waals surface area (Å²) in [6.07, 6.45) is -2.98. The summed E-state index contributed by atoms with van der Waals surface area (Å²) in [6, 6.07) is 11.2. The molecule has 12 heteroatoms. The van der Waals surface area contributed by atoms with Crippen LogP contribution < -0.4 is 10.1 Å². The van der Waals surface area contributed by atoms with Crippen LogP contribution in [0.25, 0.3) is 0 Å². The van der Waals surface area contributed by atoms with Crippen molar-refractivity contribution in [3.63, 3.8) is 0 Å². The van der Waals surface area contributed by atoms with E-state index in [0.717, 1.165) is 12.1 Å². The fourth-order valence-electron chi connectivity index (χ4n) is 3.50. The highest BCUT2D eigenvalue weighted by atomic mass is 35.5. The molecule has 0 saturated heterocycles. The van der Waals surface area contributed by atoms with Crippen LogP contribution in [0.3, 0.4) is 0 Å². The molecule has 0 aliphatic rings. The number of nitrogens with one attached hydrogen (secondary N) is 1. The number of aryl methyl sites for hydroxylation is 1. The molecule has 0 aliphatic carbocycles. The van der Waals surface area contributed by atoms with Gasteiger partial charge in [-0.2, -0.15) is 23.4 Å². The Morgan fingerprint density at radius 1 is 1.06 bits per heavy atom. The lowest BCUT2D eigenvalue weighted by molar-refractivity contribution is -0.137. The van der Waals surface area contributed by atoms with Gasteiger partial charge >= 0.3 is 6.18 Å². The molecular formula is C24H20Cl2F3N5O2. The fourth-order valence-corrected chi connectivity index (χ4v) is 4.02. The maximum atomic E-state index is 12.9. The second-order valence-corrected chi connectivity index (χ2v) is 8.71. The number of amides is 1. The smallest absolute Gasteiger partial charge is 0.416 e. The van der Waals surface area contributed by atoms with E-state index in [1.54, 1.807) is 29.8 Å². The maximum Gasteiger partial charge on any atom is 0.416 e. The van der Waals surface area contributed by atoms with E-state index >= 15 is 0 Å². The van der Waals surface area contributed by atoms with Gasteiger partial charge in [-0.15, -0.1) is 0 Å². The summed E-state index contributed by atoms with van der Waals surface area (Å²) in [4.78, 5) is 12.8. The van der Waals surface area contributed by atoms with Gasteiger partial charge in [0.2, 0.25) is 0 Å². The molecule has 188 valence electrons. The zero-order chi connectivity index (χ0) is 26.0. The van der Waals surface area contributed by atoms with Crippen molar-refractivity contribution in [3.8, 4) is 5.75 Å². The minimum Gasteiger partial charge on any atom is -0.471 e. The Kier molecular flexibility index (Phi) is 7.28. The van der Waals surface area contributed by atoms with Crippen molar-refractivity contribution in [2.24, 2.45) is 0 Å². The number of benzene rings is 2. The molecule has 4 rings (SSSR count). The summed E-state index contributed by atoms with van der Waals surface area (Å²) in [7, 11) is 0. The number of carbonyl (C=O) groups is 1. The van der Waals surface area contributed by atoms with Gasteiger partial charge in [0.15, 0.2) is 12.4 Å². The summed E-state index contributed by atoms with van der Waals surface area (Å²) >= 11 is 12.5. The quantitative estimate of drug-likeness (QED) is 0.297. The van der Waals surface area contributed by atoms with Gasteiger partial charge in [0.25, 0.3) is 5.91 Å². The molecule has 1 amide bonds. The molecule has 0 saturated carbocycles. The van der Waals surface area contributed by atoms with Gasteiger partial charge in [-0.25, -0.2) is 4.68 Å². The van der Waals surface area contributed by atoms with Crippen LogP contribution in [0.5, 0.6) is 5.75 Å². The Morgan fingerprint density at radius 3 is 2.44 bits per heavy atom. The van der Waals surface area contributed by atoms with Crippen LogP contribution in [0.15, 0.2) is 54.7 Å². The minimum atomic E-state index is -4.47. The van der Waals surface area contributed by atoms with Gasteiger partial charge in [0.1, 0.15) is 5.75 Å². The number of ether oxygens (including phenoxy) is 1. The molecule has 2 heterocycles. The van der Waals surface area contributed by atoms with Crippen molar-refractivity contribution in [2.45, 2.75) is 33.3 Å². The number of hydrogen-bond donors (Lipinski definition) is 1. The zero-order valence-corrected chi connectivity index (χ0v) is 20.6. The SMILES string of the molecule is Cc1nn(Cc2c(Cl)cccc2Cl)c(C)c1NC(=O)c1ccn(COc2cccc(C(F)(F)F)c2)n1. The van der Waals surface area contributed by atoms with Crippen molar-refractivity contribution in [3.05, 3.63) is 93.0 Å². The zero-order valence-electron chi connectivity index (χ0n) is 19.1. The van der Waals surface area contributed by atoms with Gasteiger partial charge in [-0.1, -0.05) is 35.3 Å². The first-order valence-corrected chi connectivity index (χ1v) is 11.4. The molecule has 2 aromatic heterocycles. The standard InChI is InChI=1S/C24H20Cl2F3N5O2/c1-14-22(15(2)34(31-14)12-18-19(25)7-4-8-20(18)26)30-23(35)21-9-10-33(32-21)13-36-17-6-3-5-16(11-17)24(27,28)29/h3-11H,12-13H2,1-2H3,(H,30,35). The lowest BCUT2D eigenvalue weighted by Gasteiger charge is -2.10. The number of halogens is 5. The van der Waals surface area contributed by atoms with Crippen molar-refractivity contribution in [1.82, 2.24) is 19.6 Å². The normalized spacial score (nSPS) is 11.5. The molecule has 4 aromatic rings. The van der Waals surface area contributed by atoms with E-state index < -0.39 is 17.6 Å². The molecule has 0 fully saturated rings. The number of hydrogen-bond acceptors (Lipinski definition) is 4. The van der Waals surface area contributed by atoms with Crippen LogP contribution >= 0.6 is 23.2 Å². The monoisotopic (exact) mass is 537 g/mol. The molecule has 0 bridgehead atoms. The van der Waals surface area contributed by atoms with E-state index in [-0.39, 0.29) is 18.2 Å². The fraction of sp³-hybridized carbons (Fsp3) is 0.208. The predicted molar refractivity (Wildman–Crippen MR) is 130 cm³/mol. The summed E-state index contributed by atoms with van der Waals surface area (Å²) in [5, 5.41) is 12.5. The average molecular weight is 538 g/mol. The van der Waals surface area contributed by atoms with Crippen molar-refractivity contribution >= 4 is 34.8 Å². The number of aromatic nitrogens is 4. The summed E-state index contributed by atoms with van der Waals surface area (Å²) < 4.78 is 47.0. The Bertz CT molecular complexity index is 1390. The maximum absolute atomic E-state index is 12.9. The highest BCUT2D eigenvalue weighted by Crippen LogP contribution is 2.31. The predicted octanol–water partition coefficient (Wildman–Crippen LogP) is 6.36. The molecule has 0 spiro atoms. The van der Waals surface area contributed by atoms with E-state index in [9.17, 15) is 18.0 Å². The third-order valence-corrected chi connectivity index (χ3v) is 6.10. The van der Waals surface area contributed by atoms with E-state index in [4.69, 9.17) is 27.9 Å². The van der Waals surface area contributed by atoms with Gasteiger partial charge in [-0.05, 0) is 50.2 Å². The van der Waals surface area contributed by atoms with E-state index in [2.05, 4.69) is 15.5 Å². The number of carbonyl (C=O) groups excluding carboxylic acids is 1. The molecule has 7 nitrogen and oxygen atoms in total. The topological polar surface area (TPSA) is 74.0 Å². The summed E-state index contributed by atoms with van der Waals surface area (Å²) in [6.45, 7) is 3.71. The van der Waals surface area contributed by atoms with Gasteiger partial charge in [-0.3, -0.25) is 9.48 Å². The Balaban J connectivity index is 1.43. The largest absolute Gasteiger partial charge is 0.471 e. The average Bonchev–Trinajstić information content (AvgIpc) is 3.40. The molecular weight excluding hydrogens is 518 g/mol. The Hall–Kier alpha value is -3.50. The molecule has 36 heavy (non-hydrogen) atoms. The summed E-state index contributed by atoms with van der Waals surface area (Å²) in [5.41, 5.74) is 1.81. The number of anilines is 1. The highest BCUT2D eigenvalue weighted by molar-refractivity contribution is 6.36. The Labute approximate surface area is 214 Å². The lowest BCUT2D eigenvalue weighted by atomic mass is 10.2. The van der Waals surface area contributed by atoms with E-state index in [0.29, 0.717) is 39.2 Å². The lowest BCUT2D eigenvalue weighted by Crippen LogP contribution is -2.15. The highest BCUT2D eigenvalue weighted by Gasteiger charge is 2.30. The third kappa shape index (κ3) is 5.66. The first-order chi connectivity index (χ1) is 17.0. The first-order valence-electron chi connectivity index (χ1n) is 10.6. The van der Waals surface area contributed by atoms with Crippen LogP contribution in [0.4, 0.5) is 18.9 Å². The molecule has 1 N–H and O–H groups in total. The minimum absolute atomic E-state index is 0.0311.